The molecule has 0 atom stereocenters. The number of nitrogens with zero attached hydrogens (tertiary/aromatic N) is 1. The Kier molecular flexibility index (Phi) is 6.16. The lowest BCUT2D eigenvalue weighted by Gasteiger charge is -2.12. The lowest BCUT2D eigenvalue weighted by atomic mass is 10.1. The molecule has 1 aromatic heterocycles. The van der Waals surface area contributed by atoms with Crippen molar-refractivity contribution in [1.29, 1.82) is 0 Å². The van der Waals surface area contributed by atoms with Crippen LogP contribution in [0.15, 0.2) is 47.0 Å². The summed E-state index contributed by atoms with van der Waals surface area (Å²) in [6.45, 7) is 0.159. The van der Waals surface area contributed by atoms with Gasteiger partial charge in [-0.3, -0.25) is 0 Å². The molecule has 166 valence electrons. The summed E-state index contributed by atoms with van der Waals surface area (Å²) >= 11 is 0. The van der Waals surface area contributed by atoms with Crippen LogP contribution < -0.4 is 23.7 Å². The number of carbonyl (C=O) groups excluding carboxylic acids is 1. The lowest BCUT2D eigenvalue weighted by Crippen LogP contribution is -2.01. The predicted octanol–water partition coefficient (Wildman–Crippen LogP) is 3.85. The van der Waals surface area contributed by atoms with Crippen molar-refractivity contribution in [2.24, 2.45) is 0 Å². The van der Waals surface area contributed by atoms with Gasteiger partial charge in [-0.15, -0.1) is 0 Å². The van der Waals surface area contributed by atoms with Crippen molar-refractivity contribution in [2.75, 3.05) is 28.1 Å². The minimum Gasteiger partial charge on any atom is -0.493 e. The van der Waals surface area contributed by atoms with E-state index < -0.39 is 5.97 Å². The zero-order chi connectivity index (χ0) is 22.5. The fourth-order valence-electron chi connectivity index (χ4n) is 3.12. The molecule has 2 heterocycles. The molecule has 1 aliphatic rings. The molecular formula is C23H21NO8. The zero-order valence-corrected chi connectivity index (χ0v) is 17.7. The van der Waals surface area contributed by atoms with E-state index in [-0.39, 0.29) is 13.4 Å². The molecule has 9 nitrogen and oxygen atoms in total. The van der Waals surface area contributed by atoms with E-state index >= 15 is 0 Å². The molecule has 0 fully saturated rings. The first kappa shape index (κ1) is 21.1. The summed E-state index contributed by atoms with van der Waals surface area (Å²) in [6.07, 6.45) is 2.90. The normalized spacial score (nSPS) is 12.1. The van der Waals surface area contributed by atoms with Crippen LogP contribution in [0.25, 0.3) is 17.4 Å². The van der Waals surface area contributed by atoms with Gasteiger partial charge in [-0.05, 0) is 42.0 Å². The van der Waals surface area contributed by atoms with Crippen LogP contribution in [0.4, 0.5) is 0 Å². The molecule has 0 spiro atoms. The molecule has 0 saturated heterocycles. The molecule has 0 radical (unpaired) electrons. The number of benzene rings is 2. The molecule has 0 unspecified atom stereocenters. The number of aromatic nitrogens is 1. The summed E-state index contributed by atoms with van der Waals surface area (Å²) in [7, 11) is 4.57. The number of ether oxygens (including phenoxy) is 6. The third-order valence-electron chi connectivity index (χ3n) is 4.68. The maximum Gasteiger partial charge on any atom is 0.331 e. The number of fused-ring (bicyclic) bond motifs is 1. The smallest absolute Gasteiger partial charge is 0.331 e. The van der Waals surface area contributed by atoms with Crippen LogP contribution in [0, 0.1) is 0 Å². The van der Waals surface area contributed by atoms with E-state index in [0.717, 1.165) is 5.56 Å². The van der Waals surface area contributed by atoms with Crippen molar-refractivity contribution in [3.05, 3.63) is 53.7 Å². The second kappa shape index (κ2) is 9.34. The third-order valence-corrected chi connectivity index (χ3v) is 4.68. The molecule has 0 aliphatic carbocycles. The predicted molar refractivity (Wildman–Crippen MR) is 113 cm³/mol. The Hall–Kier alpha value is -4.14. The van der Waals surface area contributed by atoms with Crippen molar-refractivity contribution in [2.45, 2.75) is 6.61 Å². The molecule has 1 aliphatic heterocycles. The van der Waals surface area contributed by atoms with Crippen molar-refractivity contribution in [3.63, 3.8) is 0 Å². The molecule has 3 aromatic rings. The average molecular weight is 439 g/mol. The Bertz CT molecular complexity index is 1130. The molecule has 0 bridgehead atoms. The largest absolute Gasteiger partial charge is 0.493 e. The van der Waals surface area contributed by atoms with Gasteiger partial charge in [0.25, 0.3) is 0 Å². The summed E-state index contributed by atoms with van der Waals surface area (Å²) in [6, 6.07) is 10.6. The van der Waals surface area contributed by atoms with E-state index in [4.69, 9.17) is 32.9 Å². The lowest BCUT2D eigenvalue weighted by molar-refractivity contribution is -0.139. The van der Waals surface area contributed by atoms with Gasteiger partial charge in [-0.25, -0.2) is 4.79 Å². The van der Waals surface area contributed by atoms with E-state index in [9.17, 15) is 4.79 Å². The number of carbonyl (C=O) groups is 1. The summed E-state index contributed by atoms with van der Waals surface area (Å²) in [5, 5.41) is 3.95. The van der Waals surface area contributed by atoms with E-state index in [2.05, 4.69) is 5.16 Å². The summed E-state index contributed by atoms with van der Waals surface area (Å²) in [5.41, 5.74) is 1.94. The molecule has 2 aromatic carbocycles. The standard InChI is InChI=1S/C23H21NO8/c1-26-20-8-14(9-21(27-2)23(20)28-3)4-7-22(25)29-12-16-11-18(32-24-16)15-5-6-17-19(10-15)31-13-30-17/h4-11H,12-13H2,1-3H3. The highest BCUT2D eigenvalue weighted by Crippen LogP contribution is 2.38. The summed E-state index contributed by atoms with van der Waals surface area (Å²) in [4.78, 5) is 12.1. The monoisotopic (exact) mass is 439 g/mol. The Morgan fingerprint density at radius 2 is 1.75 bits per heavy atom. The topological polar surface area (TPSA) is 98.5 Å². The first-order chi connectivity index (χ1) is 15.6. The Morgan fingerprint density at radius 3 is 2.47 bits per heavy atom. The van der Waals surface area contributed by atoms with Gasteiger partial charge in [-0.2, -0.15) is 0 Å². The van der Waals surface area contributed by atoms with Crippen LogP contribution in [0.2, 0.25) is 0 Å². The molecule has 0 N–H and O–H groups in total. The highest BCUT2D eigenvalue weighted by atomic mass is 16.7. The maximum atomic E-state index is 12.1. The summed E-state index contributed by atoms with van der Waals surface area (Å²) in [5.74, 6) is 2.76. The average Bonchev–Trinajstić information content (AvgIpc) is 3.49. The van der Waals surface area contributed by atoms with E-state index in [1.165, 1.54) is 27.4 Å². The first-order valence-electron chi connectivity index (χ1n) is 9.61. The van der Waals surface area contributed by atoms with Gasteiger partial charge in [-0.1, -0.05) is 5.16 Å². The molecule has 9 heteroatoms. The first-order valence-corrected chi connectivity index (χ1v) is 9.61. The maximum absolute atomic E-state index is 12.1. The highest BCUT2D eigenvalue weighted by Gasteiger charge is 2.16. The second-order valence-electron chi connectivity index (χ2n) is 6.65. The number of hydrogen-bond donors (Lipinski definition) is 0. The van der Waals surface area contributed by atoms with Gasteiger partial charge in [0.05, 0.1) is 21.3 Å². The van der Waals surface area contributed by atoms with E-state index in [1.807, 2.05) is 6.07 Å². The summed E-state index contributed by atoms with van der Waals surface area (Å²) < 4.78 is 37.2. The molecule has 0 saturated carbocycles. The van der Waals surface area contributed by atoms with Crippen LogP contribution in [0.1, 0.15) is 11.3 Å². The van der Waals surface area contributed by atoms with E-state index in [0.29, 0.717) is 45.8 Å². The number of hydrogen-bond acceptors (Lipinski definition) is 9. The Morgan fingerprint density at radius 1 is 1.00 bits per heavy atom. The molecule has 4 rings (SSSR count). The van der Waals surface area contributed by atoms with Crippen LogP contribution in [0.3, 0.4) is 0 Å². The number of esters is 1. The minimum absolute atomic E-state index is 0.0352. The molecule has 32 heavy (non-hydrogen) atoms. The number of rotatable bonds is 8. The number of methoxy groups -OCH3 is 3. The van der Waals surface area contributed by atoms with Crippen LogP contribution in [-0.2, 0) is 16.1 Å². The fourth-order valence-corrected chi connectivity index (χ4v) is 3.12. The SMILES string of the molecule is COc1cc(C=CC(=O)OCc2cc(-c3ccc4c(c3)OCO4)on2)cc(OC)c1OC. The van der Waals surface area contributed by atoms with Gasteiger partial charge in [0.1, 0.15) is 12.3 Å². The Labute approximate surface area is 184 Å². The molecule has 0 amide bonds. The third kappa shape index (κ3) is 4.46. The van der Waals surface area contributed by atoms with E-state index in [1.54, 1.807) is 36.4 Å². The van der Waals surface area contributed by atoms with Crippen molar-refractivity contribution in [3.8, 4) is 40.1 Å². The van der Waals surface area contributed by atoms with Gasteiger partial charge in [0.2, 0.25) is 12.5 Å². The van der Waals surface area contributed by atoms with Gasteiger partial charge in [0.15, 0.2) is 28.8 Å². The van der Waals surface area contributed by atoms with Gasteiger partial charge >= 0.3 is 5.97 Å². The van der Waals surface area contributed by atoms with Gasteiger partial charge < -0.3 is 32.9 Å². The second-order valence-corrected chi connectivity index (χ2v) is 6.65. The fraction of sp³-hybridized carbons (Fsp3) is 0.217. The van der Waals surface area contributed by atoms with Crippen LogP contribution >= 0.6 is 0 Å². The zero-order valence-electron chi connectivity index (χ0n) is 17.7. The van der Waals surface area contributed by atoms with Crippen LogP contribution in [0.5, 0.6) is 28.7 Å². The Balaban J connectivity index is 1.38. The van der Waals surface area contributed by atoms with Crippen molar-refractivity contribution in [1.82, 2.24) is 5.16 Å². The van der Waals surface area contributed by atoms with Crippen molar-refractivity contribution < 1.29 is 37.7 Å². The minimum atomic E-state index is -0.536. The quantitative estimate of drug-likeness (QED) is 0.383. The van der Waals surface area contributed by atoms with Crippen molar-refractivity contribution >= 4 is 12.0 Å². The molecular weight excluding hydrogens is 418 g/mol. The highest BCUT2D eigenvalue weighted by molar-refractivity contribution is 5.87. The van der Waals surface area contributed by atoms with Gasteiger partial charge in [0, 0.05) is 17.7 Å². The van der Waals surface area contributed by atoms with Crippen LogP contribution in [-0.4, -0.2) is 39.2 Å².